The number of hydrogen-bond acceptors (Lipinski definition) is 2. The second-order valence-electron chi connectivity index (χ2n) is 5.91. The van der Waals surface area contributed by atoms with Crippen molar-refractivity contribution in [2.24, 2.45) is 13.0 Å². The lowest BCUT2D eigenvalue weighted by Crippen LogP contribution is -2.08. The summed E-state index contributed by atoms with van der Waals surface area (Å²) in [6, 6.07) is 8.37. The van der Waals surface area contributed by atoms with Crippen LogP contribution in [0.15, 0.2) is 36.7 Å². The summed E-state index contributed by atoms with van der Waals surface area (Å²) in [5, 5.41) is 9.07. The highest BCUT2D eigenvalue weighted by molar-refractivity contribution is 5.68. The third-order valence-electron chi connectivity index (χ3n) is 4.28. The van der Waals surface area contributed by atoms with E-state index in [2.05, 4.69) is 29.2 Å². The van der Waals surface area contributed by atoms with Gasteiger partial charge in [-0.2, -0.15) is 0 Å². The number of benzene rings is 1. The highest BCUT2D eigenvalue weighted by Crippen LogP contribution is 2.44. The Balaban J connectivity index is 1.73. The van der Waals surface area contributed by atoms with Gasteiger partial charge in [-0.25, -0.2) is 4.98 Å². The first-order valence-electron chi connectivity index (χ1n) is 7.40. The number of imidazole rings is 1. The number of carbonyl (C=O) groups is 1. The van der Waals surface area contributed by atoms with Gasteiger partial charge in [0.15, 0.2) is 0 Å². The van der Waals surface area contributed by atoms with E-state index in [9.17, 15) is 4.79 Å². The molecule has 4 nitrogen and oxygen atoms in total. The van der Waals surface area contributed by atoms with Crippen LogP contribution in [-0.2, 0) is 18.3 Å². The van der Waals surface area contributed by atoms with Crippen molar-refractivity contribution in [1.29, 1.82) is 0 Å². The molecule has 1 N–H and O–H groups in total. The Hall–Kier alpha value is -2.10. The lowest BCUT2D eigenvalue weighted by atomic mass is 9.90. The number of carboxylic acid groups (broad SMARTS) is 1. The second kappa shape index (κ2) is 5.72. The van der Waals surface area contributed by atoms with Crippen molar-refractivity contribution in [3.8, 4) is 0 Å². The van der Waals surface area contributed by atoms with Crippen molar-refractivity contribution in [3.63, 3.8) is 0 Å². The number of carboxylic acids is 1. The van der Waals surface area contributed by atoms with Crippen molar-refractivity contribution in [2.45, 2.75) is 31.6 Å². The van der Waals surface area contributed by atoms with Gasteiger partial charge in [0, 0.05) is 25.9 Å². The Morgan fingerprint density at radius 1 is 1.38 bits per heavy atom. The van der Waals surface area contributed by atoms with Crippen LogP contribution < -0.4 is 0 Å². The van der Waals surface area contributed by atoms with Crippen LogP contribution in [0.1, 0.15) is 42.1 Å². The first kappa shape index (κ1) is 13.9. The average molecular weight is 284 g/mol. The van der Waals surface area contributed by atoms with Crippen molar-refractivity contribution in [3.05, 3.63) is 53.6 Å². The van der Waals surface area contributed by atoms with Gasteiger partial charge in [0.1, 0.15) is 5.82 Å². The summed E-state index contributed by atoms with van der Waals surface area (Å²) in [5.74, 6) is 1.06. The van der Waals surface area contributed by atoms with Crippen LogP contribution >= 0.6 is 0 Å². The van der Waals surface area contributed by atoms with E-state index in [0.717, 1.165) is 30.7 Å². The third-order valence-corrected chi connectivity index (χ3v) is 4.28. The zero-order chi connectivity index (χ0) is 14.8. The molecule has 1 aliphatic rings. The quantitative estimate of drug-likeness (QED) is 0.887. The molecule has 1 aliphatic carbocycles. The fourth-order valence-electron chi connectivity index (χ4n) is 2.88. The molecule has 0 spiro atoms. The van der Waals surface area contributed by atoms with Crippen LogP contribution in [0.4, 0.5) is 0 Å². The molecule has 1 unspecified atom stereocenters. The van der Waals surface area contributed by atoms with E-state index >= 15 is 0 Å². The van der Waals surface area contributed by atoms with Crippen molar-refractivity contribution in [2.75, 3.05) is 0 Å². The largest absolute Gasteiger partial charge is 0.481 e. The lowest BCUT2D eigenvalue weighted by Gasteiger charge is -2.15. The average Bonchev–Trinajstić information content (AvgIpc) is 3.22. The molecule has 110 valence electrons. The highest BCUT2D eigenvalue weighted by atomic mass is 16.4. The number of aryl methyl sites for hydroxylation is 1. The smallest absolute Gasteiger partial charge is 0.303 e. The van der Waals surface area contributed by atoms with Gasteiger partial charge in [0.2, 0.25) is 0 Å². The van der Waals surface area contributed by atoms with Crippen molar-refractivity contribution >= 4 is 5.97 Å². The molecule has 1 aromatic heterocycles. The first-order chi connectivity index (χ1) is 10.1. The summed E-state index contributed by atoms with van der Waals surface area (Å²) in [6.45, 7) is 0. The monoisotopic (exact) mass is 284 g/mol. The SMILES string of the molecule is Cn1ccnc1Cc1ccc(C(CC(=O)O)C2CC2)cc1. The highest BCUT2D eigenvalue weighted by Gasteiger charge is 2.33. The predicted octanol–water partition coefficient (Wildman–Crippen LogP) is 2.98. The number of rotatable bonds is 6. The van der Waals surface area contributed by atoms with Crippen molar-refractivity contribution in [1.82, 2.24) is 9.55 Å². The molecular formula is C17H20N2O2. The first-order valence-corrected chi connectivity index (χ1v) is 7.40. The van der Waals surface area contributed by atoms with Crippen LogP contribution in [0.5, 0.6) is 0 Å². The molecular weight excluding hydrogens is 264 g/mol. The molecule has 1 heterocycles. The Morgan fingerprint density at radius 2 is 2.10 bits per heavy atom. The normalized spacial score (nSPS) is 15.9. The Bertz CT molecular complexity index is 626. The minimum absolute atomic E-state index is 0.171. The summed E-state index contributed by atoms with van der Waals surface area (Å²) in [7, 11) is 1.99. The Morgan fingerprint density at radius 3 is 2.62 bits per heavy atom. The van der Waals surface area contributed by atoms with Crippen LogP contribution in [0.3, 0.4) is 0 Å². The van der Waals surface area contributed by atoms with E-state index in [1.54, 1.807) is 6.20 Å². The number of hydrogen-bond donors (Lipinski definition) is 1. The molecule has 0 saturated heterocycles. The molecule has 1 atom stereocenters. The van der Waals surface area contributed by atoms with Crippen LogP contribution in [0.25, 0.3) is 0 Å². The molecule has 0 radical (unpaired) electrons. The van der Waals surface area contributed by atoms with E-state index in [-0.39, 0.29) is 12.3 Å². The van der Waals surface area contributed by atoms with Gasteiger partial charge in [-0.05, 0) is 35.8 Å². The molecule has 3 rings (SSSR count). The third kappa shape index (κ3) is 3.32. The summed E-state index contributed by atoms with van der Waals surface area (Å²) in [6.07, 6.45) is 7.11. The minimum Gasteiger partial charge on any atom is -0.481 e. The number of nitrogens with zero attached hydrogens (tertiary/aromatic N) is 2. The maximum Gasteiger partial charge on any atom is 0.303 e. The fraction of sp³-hybridized carbons (Fsp3) is 0.412. The molecule has 0 amide bonds. The number of aromatic nitrogens is 2. The molecule has 1 saturated carbocycles. The molecule has 2 aromatic rings. The molecule has 0 bridgehead atoms. The van der Waals surface area contributed by atoms with Gasteiger partial charge in [0.05, 0.1) is 6.42 Å². The second-order valence-corrected chi connectivity index (χ2v) is 5.91. The van der Waals surface area contributed by atoms with E-state index in [0.29, 0.717) is 5.92 Å². The van der Waals surface area contributed by atoms with Gasteiger partial charge in [-0.3, -0.25) is 4.79 Å². The zero-order valence-electron chi connectivity index (χ0n) is 12.2. The van der Waals surface area contributed by atoms with Gasteiger partial charge in [-0.15, -0.1) is 0 Å². The van der Waals surface area contributed by atoms with Gasteiger partial charge in [-0.1, -0.05) is 24.3 Å². The fourth-order valence-corrected chi connectivity index (χ4v) is 2.88. The Labute approximate surface area is 124 Å². The molecule has 21 heavy (non-hydrogen) atoms. The minimum atomic E-state index is -0.705. The van der Waals surface area contributed by atoms with Crippen LogP contribution in [0, 0.1) is 5.92 Å². The summed E-state index contributed by atoms with van der Waals surface area (Å²) < 4.78 is 2.02. The van der Waals surface area contributed by atoms with E-state index in [4.69, 9.17) is 5.11 Å². The Kier molecular flexibility index (Phi) is 3.78. The maximum absolute atomic E-state index is 11.0. The van der Waals surface area contributed by atoms with E-state index in [1.807, 2.05) is 17.8 Å². The topological polar surface area (TPSA) is 55.1 Å². The molecule has 0 aliphatic heterocycles. The summed E-state index contributed by atoms with van der Waals surface area (Å²) in [4.78, 5) is 15.4. The van der Waals surface area contributed by atoms with E-state index in [1.165, 1.54) is 5.56 Å². The van der Waals surface area contributed by atoms with E-state index < -0.39 is 5.97 Å². The van der Waals surface area contributed by atoms with Crippen LogP contribution in [0.2, 0.25) is 0 Å². The maximum atomic E-state index is 11.0. The van der Waals surface area contributed by atoms with Crippen LogP contribution in [-0.4, -0.2) is 20.6 Å². The lowest BCUT2D eigenvalue weighted by molar-refractivity contribution is -0.137. The predicted molar refractivity (Wildman–Crippen MR) is 80.2 cm³/mol. The van der Waals surface area contributed by atoms with Gasteiger partial charge in [0.25, 0.3) is 0 Å². The zero-order valence-corrected chi connectivity index (χ0v) is 12.2. The molecule has 1 aromatic carbocycles. The van der Waals surface area contributed by atoms with Crippen molar-refractivity contribution < 1.29 is 9.90 Å². The molecule has 4 heteroatoms. The standard InChI is InChI=1S/C17H20N2O2/c1-19-9-8-18-16(19)10-12-2-4-13(5-3-12)15(11-17(20)21)14-6-7-14/h2-5,8-9,14-15H,6-7,10-11H2,1H3,(H,20,21). The summed E-state index contributed by atoms with van der Waals surface area (Å²) >= 11 is 0. The van der Waals surface area contributed by atoms with Gasteiger partial charge < -0.3 is 9.67 Å². The summed E-state index contributed by atoms with van der Waals surface area (Å²) in [5.41, 5.74) is 2.36. The molecule has 1 fully saturated rings. The van der Waals surface area contributed by atoms with Gasteiger partial charge >= 0.3 is 5.97 Å². The number of aliphatic carboxylic acids is 1.